The number of phenols is 1. The van der Waals surface area contributed by atoms with E-state index in [1.807, 2.05) is 6.92 Å². The molecule has 3 N–H and O–H groups in total. The minimum atomic E-state index is -0.675. The van der Waals surface area contributed by atoms with E-state index in [1.54, 1.807) is 6.07 Å². The van der Waals surface area contributed by atoms with Gasteiger partial charge in [-0.05, 0) is 24.1 Å². The van der Waals surface area contributed by atoms with E-state index in [-0.39, 0.29) is 11.8 Å². The number of rotatable bonds is 3. The molecule has 0 unspecified atom stereocenters. The molecule has 0 radical (unpaired) electrons. The fourth-order valence-electron chi connectivity index (χ4n) is 1.14. The van der Waals surface area contributed by atoms with E-state index in [1.165, 1.54) is 12.1 Å². The summed E-state index contributed by atoms with van der Waals surface area (Å²) in [5.74, 6) is -1.05. The molecule has 13 heavy (non-hydrogen) atoms. The minimum Gasteiger partial charge on any atom is -0.505 e. The Morgan fingerprint density at radius 1 is 1.54 bits per heavy atom. The van der Waals surface area contributed by atoms with Gasteiger partial charge in [0.15, 0.2) is 11.6 Å². The van der Waals surface area contributed by atoms with Gasteiger partial charge in [-0.15, -0.1) is 0 Å². The normalized spacial score (nSPS) is 12.8. The first kappa shape index (κ1) is 9.95. The molecule has 0 saturated carbocycles. The Balaban J connectivity index is 2.95. The molecule has 72 valence electrons. The van der Waals surface area contributed by atoms with Crippen LogP contribution in [0.3, 0.4) is 0 Å². The van der Waals surface area contributed by atoms with Crippen LogP contribution in [0.4, 0.5) is 4.39 Å². The van der Waals surface area contributed by atoms with Crippen molar-refractivity contribution in [3.63, 3.8) is 0 Å². The van der Waals surface area contributed by atoms with Gasteiger partial charge >= 0.3 is 0 Å². The molecular weight excluding hydrogens is 173 g/mol. The van der Waals surface area contributed by atoms with Gasteiger partial charge in [-0.2, -0.15) is 5.48 Å². The fraction of sp³-hybridized carbons (Fsp3) is 0.333. The molecular formula is C9H12FNO2. The Hall–Kier alpha value is -1.13. The average Bonchev–Trinajstić information content (AvgIpc) is 2.13. The Labute approximate surface area is 75.8 Å². The Kier molecular flexibility index (Phi) is 3.22. The molecule has 0 heterocycles. The highest BCUT2D eigenvalue weighted by molar-refractivity contribution is 5.29. The number of hydrogen-bond donors (Lipinski definition) is 3. The van der Waals surface area contributed by atoms with E-state index in [2.05, 4.69) is 5.48 Å². The summed E-state index contributed by atoms with van der Waals surface area (Å²) in [5.41, 5.74) is 2.68. The molecule has 0 amide bonds. The first-order chi connectivity index (χ1) is 6.19. The summed E-state index contributed by atoms with van der Waals surface area (Å²) in [4.78, 5) is 0. The predicted molar refractivity (Wildman–Crippen MR) is 46.0 cm³/mol. The monoisotopic (exact) mass is 185 g/mol. The predicted octanol–water partition coefficient (Wildman–Crippen LogP) is 1.96. The van der Waals surface area contributed by atoms with Crippen LogP contribution in [-0.2, 0) is 0 Å². The van der Waals surface area contributed by atoms with E-state index in [0.717, 1.165) is 0 Å². The summed E-state index contributed by atoms with van der Waals surface area (Å²) >= 11 is 0. The molecule has 3 nitrogen and oxygen atoms in total. The van der Waals surface area contributed by atoms with Crippen molar-refractivity contribution in [2.24, 2.45) is 0 Å². The lowest BCUT2D eigenvalue weighted by atomic mass is 10.1. The number of hydroxylamine groups is 1. The summed E-state index contributed by atoms with van der Waals surface area (Å²) in [6.45, 7) is 1.86. The van der Waals surface area contributed by atoms with Crippen LogP contribution in [-0.4, -0.2) is 10.3 Å². The molecule has 0 aliphatic heterocycles. The SMILES string of the molecule is CC[C@@H](NO)c1ccc(O)c(F)c1. The maximum atomic E-state index is 12.9. The highest BCUT2D eigenvalue weighted by Gasteiger charge is 2.09. The zero-order valence-corrected chi connectivity index (χ0v) is 7.29. The third-order valence-corrected chi connectivity index (χ3v) is 1.94. The number of benzene rings is 1. The van der Waals surface area contributed by atoms with Gasteiger partial charge in [-0.25, -0.2) is 4.39 Å². The summed E-state index contributed by atoms with van der Waals surface area (Å²) in [7, 11) is 0. The number of aromatic hydroxyl groups is 1. The van der Waals surface area contributed by atoms with Gasteiger partial charge in [-0.3, -0.25) is 0 Å². The van der Waals surface area contributed by atoms with Crippen LogP contribution in [0, 0.1) is 5.82 Å². The van der Waals surface area contributed by atoms with E-state index >= 15 is 0 Å². The Morgan fingerprint density at radius 3 is 2.69 bits per heavy atom. The molecule has 1 rings (SSSR count). The zero-order valence-electron chi connectivity index (χ0n) is 7.29. The number of hydrogen-bond acceptors (Lipinski definition) is 3. The minimum absolute atomic E-state index is 0.296. The van der Waals surface area contributed by atoms with E-state index in [9.17, 15) is 4.39 Å². The van der Waals surface area contributed by atoms with Crippen molar-refractivity contribution in [3.8, 4) is 5.75 Å². The summed E-state index contributed by atoms with van der Waals surface area (Å²) in [6.07, 6.45) is 0.640. The second-order valence-electron chi connectivity index (χ2n) is 2.80. The molecule has 0 spiro atoms. The number of nitrogens with one attached hydrogen (secondary N) is 1. The molecule has 1 atom stereocenters. The summed E-state index contributed by atoms with van der Waals surface area (Å²) in [6, 6.07) is 3.74. The van der Waals surface area contributed by atoms with Gasteiger partial charge in [0.05, 0.1) is 6.04 Å². The Morgan fingerprint density at radius 2 is 2.23 bits per heavy atom. The largest absolute Gasteiger partial charge is 0.505 e. The average molecular weight is 185 g/mol. The number of halogens is 1. The molecule has 0 bridgehead atoms. The second kappa shape index (κ2) is 4.20. The first-order valence-corrected chi connectivity index (χ1v) is 4.07. The fourth-order valence-corrected chi connectivity index (χ4v) is 1.14. The van der Waals surface area contributed by atoms with Crippen molar-refractivity contribution >= 4 is 0 Å². The molecule has 1 aromatic carbocycles. The maximum absolute atomic E-state index is 12.9. The summed E-state index contributed by atoms with van der Waals surface area (Å²) in [5, 5.41) is 17.6. The second-order valence-corrected chi connectivity index (χ2v) is 2.80. The van der Waals surface area contributed by atoms with Gasteiger partial charge in [0.25, 0.3) is 0 Å². The van der Waals surface area contributed by atoms with E-state index in [4.69, 9.17) is 10.3 Å². The highest BCUT2D eigenvalue weighted by Crippen LogP contribution is 2.22. The molecule has 0 aliphatic rings. The van der Waals surface area contributed by atoms with Gasteiger partial charge in [0.1, 0.15) is 0 Å². The highest BCUT2D eigenvalue weighted by atomic mass is 19.1. The molecule has 0 saturated heterocycles. The first-order valence-electron chi connectivity index (χ1n) is 4.07. The lowest BCUT2D eigenvalue weighted by Crippen LogP contribution is -2.15. The van der Waals surface area contributed by atoms with E-state index in [0.29, 0.717) is 12.0 Å². The van der Waals surface area contributed by atoms with Gasteiger partial charge in [0, 0.05) is 0 Å². The quantitative estimate of drug-likeness (QED) is 0.631. The van der Waals surface area contributed by atoms with Crippen molar-refractivity contribution in [3.05, 3.63) is 29.6 Å². The maximum Gasteiger partial charge on any atom is 0.165 e. The third kappa shape index (κ3) is 2.17. The van der Waals surface area contributed by atoms with Crippen LogP contribution in [0.5, 0.6) is 5.75 Å². The smallest absolute Gasteiger partial charge is 0.165 e. The van der Waals surface area contributed by atoms with Crippen LogP contribution in [0.2, 0.25) is 0 Å². The van der Waals surface area contributed by atoms with Crippen molar-refractivity contribution in [2.45, 2.75) is 19.4 Å². The molecule has 0 fully saturated rings. The van der Waals surface area contributed by atoms with Crippen molar-refractivity contribution in [1.82, 2.24) is 5.48 Å². The lowest BCUT2D eigenvalue weighted by Gasteiger charge is -2.12. The van der Waals surface area contributed by atoms with Crippen LogP contribution in [0.1, 0.15) is 24.9 Å². The Bertz CT molecular complexity index is 287. The van der Waals surface area contributed by atoms with Crippen LogP contribution >= 0.6 is 0 Å². The molecule has 1 aromatic rings. The van der Waals surface area contributed by atoms with Crippen molar-refractivity contribution < 1.29 is 14.7 Å². The van der Waals surface area contributed by atoms with Crippen molar-refractivity contribution in [2.75, 3.05) is 0 Å². The lowest BCUT2D eigenvalue weighted by molar-refractivity contribution is 0.124. The molecule has 0 aromatic heterocycles. The van der Waals surface area contributed by atoms with Crippen LogP contribution in [0.25, 0.3) is 0 Å². The summed E-state index contributed by atoms with van der Waals surface area (Å²) < 4.78 is 12.9. The third-order valence-electron chi connectivity index (χ3n) is 1.94. The molecule has 0 aliphatic carbocycles. The number of phenolic OH excluding ortho intramolecular Hbond substituents is 1. The van der Waals surface area contributed by atoms with Gasteiger partial charge < -0.3 is 10.3 Å². The van der Waals surface area contributed by atoms with Crippen molar-refractivity contribution in [1.29, 1.82) is 0 Å². The van der Waals surface area contributed by atoms with Crippen LogP contribution in [0.15, 0.2) is 18.2 Å². The topological polar surface area (TPSA) is 52.5 Å². The van der Waals surface area contributed by atoms with Crippen LogP contribution < -0.4 is 5.48 Å². The van der Waals surface area contributed by atoms with Gasteiger partial charge in [-0.1, -0.05) is 13.0 Å². The zero-order chi connectivity index (χ0) is 9.84. The molecule has 4 heteroatoms. The van der Waals surface area contributed by atoms with Gasteiger partial charge in [0.2, 0.25) is 0 Å². The standard InChI is InChI=1S/C9H12FNO2/c1-2-8(11-13)6-3-4-9(12)7(10)5-6/h3-5,8,11-13H,2H2,1H3/t8-/m1/s1. The van der Waals surface area contributed by atoms with E-state index < -0.39 is 5.82 Å².